The lowest BCUT2D eigenvalue weighted by Gasteiger charge is -2.33. The molecule has 0 fully saturated rings. The van der Waals surface area contributed by atoms with Gasteiger partial charge >= 0.3 is 5.97 Å². The highest BCUT2D eigenvalue weighted by Crippen LogP contribution is 2.45. The van der Waals surface area contributed by atoms with Crippen molar-refractivity contribution in [3.63, 3.8) is 0 Å². The highest BCUT2D eigenvalue weighted by molar-refractivity contribution is 6.90. The smallest absolute Gasteiger partial charge is 0.316 e. The quantitative estimate of drug-likeness (QED) is 0.544. The van der Waals surface area contributed by atoms with E-state index in [2.05, 4.69) is 75.4 Å². The maximum absolute atomic E-state index is 12.7. The van der Waals surface area contributed by atoms with Crippen LogP contribution >= 0.6 is 0 Å². The van der Waals surface area contributed by atoms with E-state index in [1.807, 2.05) is 13.1 Å². The predicted octanol–water partition coefficient (Wildman–Crippen LogP) is 5.03. The number of hydrogen-bond donors (Lipinski definition) is 0. The van der Waals surface area contributed by atoms with Crippen LogP contribution in [-0.4, -0.2) is 34.1 Å². The van der Waals surface area contributed by atoms with Gasteiger partial charge in [0.15, 0.2) is 5.88 Å². The van der Waals surface area contributed by atoms with Gasteiger partial charge in [0.1, 0.15) is 0 Å². The molecular formula is C19H31NO2Si2. The average molecular weight is 362 g/mol. The molecule has 0 aliphatic carbocycles. The van der Waals surface area contributed by atoms with Crippen LogP contribution in [0.3, 0.4) is 0 Å². The molecule has 5 heteroatoms. The van der Waals surface area contributed by atoms with Crippen molar-refractivity contribution < 1.29 is 9.53 Å². The van der Waals surface area contributed by atoms with E-state index in [0.29, 0.717) is 0 Å². The molecule has 1 aromatic carbocycles. The first-order chi connectivity index (χ1) is 10.9. The van der Waals surface area contributed by atoms with Gasteiger partial charge in [0, 0.05) is 7.05 Å². The number of nitrogens with zero attached hydrogens (tertiary/aromatic N) is 1. The Kier molecular flexibility index (Phi) is 5.16. The van der Waals surface area contributed by atoms with E-state index in [-0.39, 0.29) is 17.6 Å². The van der Waals surface area contributed by atoms with E-state index < -0.39 is 16.1 Å². The van der Waals surface area contributed by atoms with Crippen LogP contribution in [0.15, 0.2) is 41.4 Å². The Morgan fingerprint density at radius 1 is 1.04 bits per heavy atom. The molecule has 1 aliphatic rings. The summed E-state index contributed by atoms with van der Waals surface area (Å²) in [5.41, 5.74) is 1.22. The minimum absolute atomic E-state index is 0.00964. The molecule has 2 atom stereocenters. The predicted molar refractivity (Wildman–Crippen MR) is 106 cm³/mol. The van der Waals surface area contributed by atoms with E-state index in [0.717, 1.165) is 5.88 Å². The number of hydrogen-bond acceptors (Lipinski definition) is 3. The number of cyclic esters (lactones) is 1. The fourth-order valence-electron chi connectivity index (χ4n) is 3.38. The lowest BCUT2D eigenvalue weighted by molar-refractivity contribution is -0.138. The Balaban J connectivity index is 2.50. The fraction of sp³-hybridized carbons (Fsp3) is 0.526. The molecule has 1 aromatic rings. The molecule has 24 heavy (non-hydrogen) atoms. The van der Waals surface area contributed by atoms with E-state index >= 15 is 0 Å². The standard InChI is InChI=1S/C19H31NO2Si2/c1-14(15-12-10-9-11-13-15)20(2)18-16(23(3,4)5)17(19(21)22-18)24(6,7)8/h9-14,17H,1-8H3. The molecule has 0 saturated carbocycles. The third kappa shape index (κ3) is 3.67. The summed E-state index contributed by atoms with van der Waals surface area (Å²) in [6.07, 6.45) is 0. The first-order valence-electron chi connectivity index (χ1n) is 8.68. The monoisotopic (exact) mass is 361 g/mol. The van der Waals surface area contributed by atoms with Gasteiger partial charge in [-0.15, -0.1) is 0 Å². The zero-order chi connectivity index (χ0) is 18.3. The normalized spacial score (nSPS) is 20.2. The minimum atomic E-state index is -1.69. The third-order valence-corrected chi connectivity index (χ3v) is 9.47. The fourth-order valence-corrected chi connectivity index (χ4v) is 9.59. The Labute approximate surface area is 148 Å². The number of esters is 1. The average Bonchev–Trinajstić information content (AvgIpc) is 2.84. The summed E-state index contributed by atoms with van der Waals surface area (Å²) in [7, 11) is -1.32. The maximum Gasteiger partial charge on any atom is 0.316 e. The van der Waals surface area contributed by atoms with Crippen LogP contribution in [0.5, 0.6) is 0 Å². The Hall–Kier alpha value is -1.34. The molecule has 0 spiro atoms. The second-order valence-corrected chi connectivity index (χ2v) is 19.2. The molecule has 0 saturated heterocycles. The van der Waals surface area contributed by atoms with Crippen molar-refractivity contribution in [3.8, 4) is 0 Å². The molecule has 1 aliphatic heterocycles. The Morgan fingerprint density at radius 3 is 2.04 bits per heavy atom. The topological polar surface area (TPSA) is 29.5 Å². The van der Waals surface area contributed by atoms with Gasteiger partial charge in [-0.3, -0.25) is 4.79 Å². The van der Waals surface area contributed by atoms with E-state index in [4.69, 9.17) is 4.74 Å². The SMILES string of the molecule is CC(c1ccccc1)N(C)C1=C([Si](C)(C)C)C([Si](C)(C)C)C(=O)O1. The molecule has 0 amide bonds. The minimum Gasteiger partial charge on any atom is -0.410 e. The van der Waals surface area contributed by atoms with Crippen molar-refractivity contribution in [1.82, 2.24) is 4.90 Å². The van der Waals surface area contributed by atoms with Crippen molar-refractivity contribution in [2.45, 2.75) is 57.8 Å². The first kappa shape index (κ1) is 19.0. The largest absolute Gasteiger partial charge is 0.410 e. The molecule has 0 radical (unpaired) electrons. The van der Waals surface area contributed by atoms with Crippen LogP contribution in [0.25, 0.3) is 0 Å². The van der Waals surface area contributed by atoms with Crippen molar-refractivity contribution in [2.75, 3.05) is 7.05 Å². The van der Waals surface area contributed by atoms with Gasteiger partial charge in [0.05, 0.1) is 27.7 Å². The van der Waals surface area contributed by atoms with Crippen LogP contribution in [0, 0.1) is 0 Å². The number of carbonyl (C=O) groups excluding carboxylic acids is 1. The van der Waals surface area contributed by atoms with Gasteiger partial charge in [0.25, 0.3) is 0 Å². The van der Waals surface area contributed by atoms with Crippen molar-refractivity contribution >= 4 is 22.1 Å². The zero-order valence-electron chi connectivity index (χ0n) is 16.3. The third-order valence-electron chi connectivity index (χ3n) is 4.81. The molecule has 0 bridgehead atoms. The van der Waals surface area contributed by atoms with Gasteiger partial charge in [-0.05, 0) is 17.7 Å². The molecule has 3 nitrogen and oxygen atoms in total. The van der Waals surface area contributed by atoms with Crippen LogP contribution in [0.1, 0.15) is 18.5 Å². The van der Waals surface area contributed by atoms with Gasteiger partial charge in [-0.2, -0.15) is 0 Å². The number of rotatable bonds is 5. The van der Waals surface area contributed by atoms with Crippen molar-refractivity contribution in [3.05, 3.63) is 47.0 Å². The van der Waals surface area contributed by atoms with Crippen LogP contribution < -0.4 is 0 Å². The second-order valence-electron chi connectivity index (χ2n) is 8.89. The van der Waals surface area contributed by atoms with Crippen molar-refractivity contribution in [2.24, 2.45) is 0 Å². The molecule has 132 valence electrons. The summed E-state index contributed by atoms with van der Waals surface area (Å²) < 4.78 is 5.88. The van der Waals surface area contributed by atoms with E-state index in [1.54, 1.807) is 0 Å². The van der Waals surface area contributed by atoms with E-state index in [1.165, 1.54) is 10.8 Å². The molecule has 2 rings (SSSR count). The first-order valence-corrected chi connectivity index (χ1v) is 15.8. The summed E-state index contributed by atoms with van der Waals surface area (Å²) in [5.74, 6) is 0.789. The summed E-state index contributed by atoms with van der Waals surface area (Å²) >= 11 is 0. The highest BCUT2D eigenvalue weighted by atomic mass is 28.3. The van der Waals surface area contributed by atoms with Crippen LogP contribution in [0.2, 0.25) is 44.8 Å². The van der Waals surface area contributed by atoms with E-state index in [9.17, 15) is 4.79 Å². The van der Waals surface area contributed by atoms with Crippen LogP contribution in [-0.2, 0) is 9.53 Å². The van der Waals surface area contributed by atoms with Gasteiger partial charge in [0.2, 0.25) is 0 Å². The van der Waals surface area contributed by atoms with Crippen molar-refractivity contribution in [1.29, 1.82) is 0 Å². The number of ether oxygens (including phenoxy) is 1. The highest BCUT2D eigenvalue weighted by Gasteiger charge is 2.49. The zero-order valence-corrected chi connectivity index (χ0v) is 18.3. The van der Waals surface area contributed by atoms with Gasteiger partial charge in [-0.25, -0.2) is 0 Å². The summed E-state index contributed by atoms with van der Waals surface area (Å²) in [5, 5.41) is 1.30. The number of carbonyl (C=O) groups is 1. The lowest BCUT2D eigenvalue weighted by Crippen LogP contribution is -2.40. The Morgan fingerprint density at radius 2 is 1.58 bits per heavy atom. The summed E-state index contributed by atoms with van der Waals surface area (Å²) in [6.45, 7) is 15.9. The molecule has 2 unspecified atom stereocenters. The van der Waals surface area contributed by atoms with Gasteiger partial charge < -0.3 is 9.64 Å². The van der Waals surface area contributed by atoms with Crippen LogP contribution in [0.4, 0.5) is 0 Å². The number of benzene rings is 1. The molecule has 1 heterocycles. The molecular weight excluding hydrogens is 330 g/mol. The summed E-state index contributed by atoms with van der Waals surface area (Å²) in [4.78, 5) is 14.9. The summed E-state index contributed by atoms with van der Waals surface area (Å²) in [6, 6.07) is 10.6. The second kappa shape index (κ2) is 6.52. The Bertz CT molecular complexity index is 642. The molecule has 0 N–H and O–H groups in total. The molecule has 0 aromatic heterocycles. The lowest BCUT2D eigenvalue weighted by atomic mass is 10.1. The maximum atomic E-state index is 12.7. The van der Waals surface area contributed by atoms with Gasteiger partial charge in [-0.1, -0.05) is 69.6 Å².